The van der Waals surface area contributed by atoms with E-state index in [1.54, 1.807) is 12.1 Å². The minimum absolute atomic E-state index is 0.0425. The molecule has 19 heavy (non-hydrogen) atoms. The molecule has 1 aromatic carbocycles. The third-order valence-corrected chi connectivity index (χ3v) is 4.28. The van der Waals surface area contributed by atoms with Crippen molar-refractivity contribution in [2.24, 2.45) is 0 Å². The number of benzene rings is 1. The van der Waals surface area contributed by atoms with Crippen molar-refractivity contribution in [3.8, 4) is 10.9 Å². The zero-order chi connectivity index (χ0) is 14.2. The van der Waals surface area contributed by atoms with Gasteiger partial charge in [-0.3, -0.25) is 0 Å². The predicted octanol–water partition coefficient (Wildman–Crippen LogP) is 4.56. The van der Waals surface area contributed by atoms with Crippen LogP contribution in [0.1, 0.15) is 20.8 Å². The summed E-state index contributed by atoms with van der Waals surface area (Å²) in [5.74, 6) is -0.581. The maximum absolute atomic E-state index is 10.9. The Hall–Kier alpha value is -1.30. The normalized spacial score (nSPS) is 10.5. The van der Waals surface area contributed by atoms with Crippen LogP contribution in [0.3, 0.4) is 0 Å². The number of rotatable bonds is 3. The fourth-order valence-electron chi connectivity index (χ4n) is 1.52. The van der Waals surface area contributed by atoms with Gasteiger partial charge in [-0.2, -0.15) is 4.98 Å². The van der Waals surface area contributed by atoms with E-state index in [-0.39, 0.29) is 15.2 Å². The van der Waals surface area contributed by atoms with Crippen molar-refractivity contribution in [2.75, 3.05) is 0 Å². The summed E-state index contributed by atoms with van der Waals surface area (Å²) >= 11 is 12.6. The molecular weight excluding hydrogens is 309 g/mol. The van der Waals surface area contributed by atoms with Crippen molar-refractivity contribution in [3.63, 3.8) is 0 Å². The van der Waals surface area contributed by atoms with E-state index in [1.165, 1.54) is 0 Å². The van der Waals surface area contributed by atoms with Crippen LogP contribution in [0.4, 0.5) is 0 Å². The maximum atomic E-state index is 10.9. The van der Waals surface area contributed by atoms with E-state index in [1.807, 2.05) is 13.8 Å². The van der Waals surface area contributed by atoms with Crippen molar-refractivity contribution >= 4 is 40.5 Å². The van der Waals surface area contributed by atoms with Gasteiger partial charge < -0.3 is 9.84 Å². The number of nitrogens with zero attached hydrogens (tertiary/aromatic N) is 1. The van der Waals surface area contributed by atoms with Crippen LogP contribution >= 0.6 is 34.5 Å². The van der Waals surface area contributed by atoms with Gasteiger partial charge in [-0.15, -0.1) is 0 Å². The lowest BCUT2D eigenvalue weighted by molar-refractivity contribution is 0.0702. The zero-order valence-electron chi connectivity index (χ0n) is 10.0. The van der Waals surface area contributed by atoms with Crippen LogP contribution in [-0.2, 0) is 0 Å². The molecular formula is C12H9Cl2NO3S. The standard InChI is InChI=1S/C12H9Cl2NO3S/c1-5-3-7(4-6(2)8(5)13)18-12-15-10(14)9(19-12)11(16)17/h3-4H,1-2H3,(H,16,17). The van der Waals surface area contributed by atoms with Gasteiger partial charge in [0.1, 0.15) is 5.75 Å². The number of carboxylic acid groups (broad SMARTS) is 1. The number of aromatic carboxylic acids is 1. The van der Waals surface area contributed by atoms with E-state index >= 15 is 0 Å². The smallest absolute Gasteiger partial charge is 0.349 e. The number of ether oxygens (including phenoxy) is 1. The van der Waals surface area contributed by atoms with Gasteiger partial charge in [-0.05, 0) is 37.1 Å². The van der Waals surface area contributed by atoms with E-state index in [0.717, 1.165) is 22.5 Å². The molecule has 1 heterocycles. The predicted molar refractivity (Wildman–Crippen MR) is 75.1 cm³/mol. The van der Waals surface area contributed by atoms with Crippen molar-refractivity contribution < 1.29 is 14.6 Å². The number of hydrogen-bond donors (Lipinski definition) is 1. The third kappa shape index (κ3) is 3.00. The number of carbonyl (C=O) groups is 1. The first kappa shape index (κ1) is 14.1. The summed E-state index contributed by atoms with van der Waals surface area (Å²) in [5.41, 5.74) is 1.75. The Balaban J connectivity index is 2.31. The van der Waals surface area contributed by atoms with Crippen LogP contribution in [0, 0.1) is 13.8 Å². The number of aromatic nitrogens is 1. The molecule has 0 aliphatic carbocycles. The molecule has 0 saturated heterocycles. The molecule has 0 radical (unpaired) electrons. The minimum atomic E-state index is -1.12. The first-order chi connectivity index (χ1) is 8.88. The maximum Gasteiger partial charge on any atom is 0.349 e. The molecule has 1 aromatic heterocycles. The molecule has 2 aromatic rings. The third-order valence-electron chi connectivity index (χ3n) is 2.38. The minimum Gasteiger partial charge on any atom is -0.477 e. The lowest BCUT2D eigenvalue weighted by Gasteiger charge is -2.07. The highest BCUT2D eigenvalue weighted by Gasteiger charge is 2.17. The topological polar surface area (TPSA) is 59.4 Å². The molecule has 0 atom stereocenters. The largest absolute Gasteiger partial charge is 0.477 e. The Kier molecular flexibility index (Phi) is 3.99. The average Bonchev–Trinajstić information content (AvgIpc) is 2.67. The number of thiazole rings is 1. The van der Waals surface area contributed by atoms with Gasteiger partial charge in [0.15, 0.2) is 10.0 Å². The quantitative estimate of drug-likeness (QED) is 0.901. The van der Waals surface area contributed by atoms with Gasteiger partial charge in [-0.1, -0.05) is 34.5 Å². The van der Waals surface area contributed by atoms with Gasteiger partial charge >= 0.3 is 5.97 Å². The fraction of sp³-hybridized carbons (Fsp3) is 0.167. The lowest BCUT2D eigenvalue weighted by atomic mass is 10.1. The SMILES string of the molecule is Cc1cc(Oc2nc(Cl)c(C(=O)O)s2)cc(C)c1Cl. The van der Waals surface area contributed by atoms with Crippen LogP contribution in [0.5, 0.6) is 10.9 Å². The second-order valence-corrected chi connectivity index (χ2v) is 5.58. The number of aryl methyl sites for hydroxylation is 2. The Morgan fingerprint density at radius 3 is 2.37 bits per heavy atom. The number of halogens is 2. The highest BCUT2D eigenvalue weighted by atomic mass is 35.5. The molecule has 0 bridgehead atoms. The zero-order valence-corrected chi connectivity index (χ0v) is 12.4. The molecule has 0 unspecified atom stereocenters. The molecule has 4 nitrogen and oxygen atoms in total. The Labute approximate surface area is 123 Å². The Morgan fingerprint density at radius 1 is 1.32 bits per heavy atom. The molecule has 2 rings (SSSR count). The molecule has 0 fully saturated rings. The van der Waals surface area contributed by atoms with Crippen LogP contribution < -0.4 is 4.74 Å². The highest BCUT2D eigenvalue weighted by molar-refractivity contribution is 7.15. The first-order valence-electron chi connectivity index (χ1n) is 5.22. The monoisotopic (exact) mass is 317 g/mol. The van der Waals surface area contributed by atoms with Gasteiger partial charge in [0, 0.05) is 5.02 Å². The summed E-state index contributed by atoms with van der Waals surface area (Å²) in [4.78, 5) is 14.7. The van der Waals surface area contributed by atoms with Gasteiger partial charge in [0.2, 0.25) is 0 Å². The van der Waals surface area contributed by atoms with Gasteiger partial charge in [0.25, 0.3) is 5.19 Å². The van der Waals surface area contributed by atoms with Crippen molar-refractivity contribution in [1.82, 2.24) is 4.98 Å². The van der Waals surface area contributed by atoms with Gasteiger partial charge in [-0.25, -0.2) is 4.79 Å². The molecule has 0 aliphatic rings. The summed E-state index contributed by atoms with van der Waals surface area (Å²) in [5, 5.41) is 9.67. The summed E-state index contributed by atoms with van der Waals surface area (Å²) < 4.78 is 5.51. The fourth-order valence-corrected chi connectivity index (χ4v) is 2.62. The number of carboxylic acids is 1. The van der Waals surface area contributed by atoms with Crippen molar-refractivity contribution in [3.05, 3.63) is 38.3 Å². The van der Waals surface area contributed by atoms with Gasteiger partial charge in [0.05, 0.1) is 0 Å². The lowest BCUT2D eigenvalue weighted by Crippen LogP contribution is -1.91. The summed E-state index contributed by atoms with van der Waals surface area (Å²) in [7, 11) is 0. The second kappa shape index (κ2) is 5.36. The average molecular weight is 318 g/mol. The molecule has 7 heteroatoms. The molecule has 0 aliphatic heterocycles. The molecule has 0 spiro atoms. The Bertz CT molecular complexity index is 631. The Morgan fingerprint density at radius 2 is 1.89 bits per heavy atom. The summed E-state index contributed by atoms with van der Waals surface area (Å²) in [6, 6.07) is 3.51. The van der Waals surface area contributed by atoms with Crippen LogP contribution in [0.2, 0.25) is 10.2 Å². The number of hydrogen-bond acceptors (Lipinski definition) is 4. The van der Waals surface area contributed by atoms with Crippen LogP contribution in [-0.4, -0.2) is 16.1 Å². The molecule has 0 amide bonds. The van der Waals surface area contributed by atoms with E-state index in [0.29, 0.717) is 10.8 Å². The molecule has 0 saturated carbocycles. The van der Waals surface area contributed by atoms with Crippen molar-refractivity contribution in [1.29, 1.82) is 0 Å². The van der Waals surface area contributed by atoms with E-state index in [9.17, 15) is 4.79 Å². The van der Waals surface area contributed by atoms with E-state index < -0.39 is 5.97 Å². The van der Waals surface area contributed by atoms with Crippen LogP contribution in [0.25, 0.3) is 0 Å². The van der Waals surface area contributed by atoms with E-state index in [4.69, 9.17) is 33.0 Å². The summed E-state index contributed by atoms with van der Waals surface area (Å²) in [6.07, 6.45) is 0. The summed E-state index contributed by atoms with van der Waals surface area (Å²) in [6.45, 7) is 3.72. The molecule has 1 N–H and O–H groups in total. The first-order valence-corrected chi connectivity index (χ1v) is 6.80. The van der Waals surface area contributed by atoms with Crippen molar-refractivity contribution in [2.45, 2.75) is 13.8 Å². The molecule has 100 valence electrons. The van der Waals surface area contributed by atoms with Crippen LogP contribution in [0.15, 0.2) is 12.1 Å². The highest BCUT2D eigenvalue weighted by Crippen LogP contribution is 2.34. The van der Waals surface area contributed by atoms with E-state index in [2.05, 4.69) is 4.98 Å². The second-order valence-electron chi connectivity index (χ2n) is 3.88.